The van der Waals surface area contributed by atoms with Gasteiger partial charge in [0.05, 0.1) is 0 Å². The van der Waals surface area contributed by atoms with Gasteiger partial charge in [0.1, 0.15) is 6.04 Å². The fraction of sp³-hybridized carbons (Fsp3) is 0.273. The fourth-order valence-corrected chi connectivity index (χ4v) is 1.56. The first-order valence-electron chi connectivity index (χ1n) is 4.82. The van der Waals surface area contributed by atoms with Crippen LogP contribution in [0, 0.1) is 6.92 Å². The molecule has 1 aliphatic heterocycles. The number of amides is 3. The zero-order valence-corrected chi connectivity index (χ0v) is 8.41. The Morgan fingerprint density at radius 1 is 1.20 bits per heavy atom. The minimum atomic E-state index is -0.430. The fourth-order valence-electron chi connectivity index (χ4n) is 1.56. The number of hydrogen-bond acceptors (Lipinski definition) is 2. The Kier molecular flexibility index (Phi) is 2.41. The Morgan fingerprint density at radius 3 is 2.40 bits per heavy atom. The third-order valence-electron chi connectivity index (χ3n) is 2.42. The van der Waals surface area contributed by atoms with E-state index in [0.717, 1.165) is 5.56 Å². The number of hydrogen-bond donors (Lipinski definition) is 2. The molecular formula is C11H12N2O2. The summed E-state index contributed by atoms with van der Waals surface area (Å²) in [4.78, 5) is 22.1. The second-order valence-electron chi connectivity index (χ2n) is 3.71. The molecule has 1 saturated heterocycles. The lowest BCUT2D eigenvalue weighted by molar-refractivity contribution is -0.120. The summed E-state index contributed by atoms with van der Waals surface area (Å²) >= 11 is 0. The molecule has 1 atom stereocenters. The Morgan fingerprint density at radius 2 is 1.87 bits per heavy atom. The van der Waals surface area contributed by atoms with E-state index in [1.54, 1.807) is 0 Å². The highest BCUT2D eigenvalue weighted by molar-refractivity contribution is 6.04. The van der Waals surface area contributed by atoms with Crippen molar-refractivity contribution in [1.29, 1.82) is 0 Å². The summed E-state index contributed by atoms with van der Waals surface area (Å²) < 4.78 is 0. The van der Waals surface area contributed by atoms with Crippen molar-refractivity contribution in [2.24, 2.45) is 0 Å². The van der Waals surface area contributed by atoms with E-state index in [1.165, 1.54) is 5.56 Å². The predicted octanol–water partition coefficient (Wildman–Crippen LogP) is 0.746. The molecular weight excluding hydrogens is 192 g/mol. The number of imide groups is 1. The van der Waals surface area contributed by atoms with Gasteiger partial charge in [0.25, 0.3) is 5.91 Å². The number of rotatable bonds is 2. The summed E-state index contributed by atoms with van der Waals surface area (Å²) in [6.45, 7) is 2.01. The lowest BCUT2D eigenvalue weighted by atomic mass is 10.0. The van der Waals surface area contributed by atoms with Gasteiger partial charge >= 0.3 is 6.03 Å². The highest BCUT2D eigenvalue weighted by Crippen LogP contribution is 2.07. The van der Waals surface area contributed by atoms with Crippen molar-refractivity contribution in [1.82, 2.24) is 10.6 Å². The van der Waals surface area contributed by atoms with E-state index < -0.39 is 12.1 Å². The molecule has 3 amide bonds. The van der Waals surface area contributed by atoms with Crippen LogP contribution in [-0.4, -0.2) is 18.0 Å². The van der Waals surface area contributed by atoms with Crippen LogP contribution in [-0.2, 0) is 11.2 Å². The van der Waals surface area contributed by atoms with E-state index in [2.05, 4.69) is 10.6 Å². The predicted molar refractivity (Wildman–Crippen MR) is 55.3 cm³/mol. The smallest absolute Gasteiger partial charge is 0.322 e. The molecule has 2 rings (SSSR count). The average molecular weight is 204 g/mol. The third-order valence-corrected chi connectivity index (χ3v) is 2.42. The van der Waals surface area contributed by atoms with Crippen molar-refractivity contribution in [2.45, 2.75) is 19.4 Å². The van der Waals surface area contributed by atoms with E-state index in [9.17, 15) is 9.59 Å². The van der Waals surface area contributed by atoms with E-state index in [4.69, 9.17) is 0 Å². The number of urea groups is 1. The standard InChI is InChI=1S/C11H12N2O2/c1-7-2-4-8(5-3-7)6-9-10(14)13-11(15)12-9/h2-5,9H,6H2,1H3,(H2,12,13,14,15)/t9-/m1/s1. The van der Waals surface area contributed by atoms with Gasteiger partial charge in [-0.1, -0.05) is 29.8 Å². The van der Waals surface area contributed by atoms with Crippen molar-refractivity contribution in [3.8, 4) is 0 Å². The lowest BCUT2D eigenvalue weighted by Gasteiger charge is -2.06. The maximum absolute atomic E-state index is 11.3. The second-order valence-corrected chi connectivity index (χ2v) is 3.71. The van der Waals surface area contributed by atoms with Crippen LogP contribution in [0.15, 0.2) is 24.3 Å². The average Bonchev–Trinajstić information content (AvgIpc) is 2.49. The van der Waals surface area contributed by atoms with Gasteiger partial charge in [0.2, 0.25) is 0 Å². The molecule has 78 valence electrons. The summed E-state index contributed by atoms with van der Waals surface area (Å²) in [6, 6.07) is 7.08. The normalized spacial score (nSPS) is 19.9. The molecule has 0 radical (unpaired) electrons. The van der Waals surface area contributed by atoms with E-state index in [0.29, 0.717) is 6.42 Å². The quantitative estimate of drug-likeness (QED) is 0.698. The number of nitrogens with one attached hydrogen (secondary N) is 2. The lowest BCUT2D eigenvalue weighted by Crippen LogP contribution is -2.31. The molecule has 0 aliphatic carbocycles. The molecule has 0 aromatic heterocycles. The van der Waals surface area contributed by atoms with Crippen LogP contribution in [0.3, 0.4) is 0 Å². The first kappa shape index (κ1) is 9.71. The molecule has 0 saturated carbocycles. The minimum Gasteiger partial charge on any atom is -0.326 e. The molecule has 0 unspecified atom stereocenters. The first-order valence-corrected chi connectivity index (χ1v) is 4.82. The maximum Gasteiger partial charge on any atom is 0.322 e. The van der Waals surface area contributed by atoms with Gasteiger partial charge in [-0.05, 0) is 12.5 Å². The molecule has 4 nitrogen and oxygen atoms in total. The molecule has 1 heterocycles. The SMILES string of the molecule is Cc1ccc(C[C@H]2NC(=O)NC2=O)cc1. The van der Waals surface area contributed by atoms with Gasteiger partial charge in [-0.2, -0.15) is 0 Å². The maximum atomic E-state index is 11.3. The van der Waals surface area contributed by atoms with Gasteiger partial charge < -0.3 is 5.32 Å². The van der Waals surface area contributed by atoms with Crippen LogP contribution in [0.5, 0.6) is 0 Å². The molecule has 15 heavy (non-hydrogen) atoms. The van der Waals surface area contributed by atoms with Crippen LogP contribution in [0.4, 0.5) is 4.79 Å². The van der Waals surface area contributed by atoms with Gasteiger partial charge in [0, 0.05) is 6.42 Å². The molecule has 0 bridgehead atoms. The van der Waals surface area contributed by atoms with Crippen molar-refractivity contribution in [2.75, 3.05) is 0 Å². The molecule has 4 heteroatoms. The van der Waals surface area contributed by atoms with Crippen LogP contribution in [0.1, 0.15) is 11.1 Å². The summed E-state index contributed by atoms with van der Waals surface area (Å²) in [7, 11) is 0. The number of aryl methyl sites for hydroxylation is 1. The highest BCUT2D eigenvalue weighted by atomic mass is 16.2. The van der Waals surface area contributed by atoms with Crippen molar-refractivity contribution in [3.05, 3.63) is 35.4 Å². The number of carbonyl (C=O) groups is 2. The van der Waals surface area contributed by atoms with Crippen LogP contribution < -0.4 is 10.6 Å². The molecule has 0 spiro atoms. The van der Waals surface area contributed by atoms with Gasteiger partial charge in [0.15, 0.2) is 0 Å². The zero-order chi connectivity index (χ0) is 10.8. The van der Waals surface area contributed by atoms with Gasteiger partial charge in [-0.25, -0.2) is 4.79 Å². The first-order chi connectivity index (χ1) is 7.15. The highest BCUT2D eigenvalue weighted by Gasteiger charge is 2.29. The molecule has 1 aromatic rings. The van der Waals surface area contributed by atoms with Crippen molar-refractivity contribution >= 4 is 11.9 Å². The Balaban J connectivity index is 2.06. The van der Waals surface area contributed by atoms with Crippen LogP contribution in [0.2, 0.25) is 0 Å². The summed E-state index contributed by atoms with van der Waals surface area (Å²) in [5, 5.41) is 4.78. The molecule has 1 aromatic carbocycles. The topological polar surface area (TPSA) is 58.2 Å². The number of benzene rings is 1. The Bertz CT molecular complexity index is 398. The molecule has 1 fully saturated rings. The van der Waals surface area contributed by atoms with Crippen molar-refractivity contribution in [3.63, 3.8) is 0 Å². The van der Waals surface area contributed by atoms with Gasteiger partial charge in [-0.15, -0.1) is 0 Å². The Labute approximate surface area is 87.7 Å². The zero-order valence-electron chi connectivity index (χ0n) is 8.41. The van der Waals surface area contributed by atoms with Gasteiger partial charge in [-0.3, -0.25) is 10.1 Å². The Hall–Kier alpha value is -1.84. The minimum absolute atomic E-state index is 0.249. The van der Waals surface area contributed by atoms with E-state index >= 15 is 0 Å². The summed E-state index contributed by atoms with van der Waals surface area (Å²) in [5.41, 5.74) is 2.22. The van der Waals surface area contributed by atoms with Crippen LogP contribution in [0.25, 0.3) is 0 Å². The summed E-state index contributed by atoms with van der Waals surface area (Å²) in [5.74, 6) is -0.249. The molecule has 1 aliphatic rings. The van der Waals surface area contributed by atoms with Crippen LogP contribution >= 0.6 is 0 Å². The largest absolute Gasteiger partial charge is 0.326 e. The van der Waals surface area contributed by atoms with E-state index in [1.807, 2.05) is 31.2 Å². The summed E-state index contributed by atoms with van der Waals surface area (Å²) in [6.07, 6.45) is 0.540. The molecule has 2 N–H and O–H groups in total. The van der Waals surface area contributed by atoms with E-state index in [-0.39, 0.29) is 5.91 Å². The number of carbonyl (C=O) groups excluding carboxylic acids is 2. The monoisotopic (exact) mass is 204 g/mol. The second kappa shape index (κ2) is 3.73. The third kappa shape index (κ3) is 2.15. The van der Waals surface area contributed by atoms with Crippen molar-refractivity contribution < 1.29 is 9.59 Å².